The number of esters is 1. The Morgan fingerprint density at radius 3 is 2.21 bits per heavy atom. The predicted octanol–water partition coefficient (Wildman–Crippen LogP) is 4.48. The molecule has 1 aliphatic heterocycles. The van der Waals surface area contributed by atoms with Crippen LogP contribution in [-0.2, 0) is 26.2 Å². The summed E-state index contributed by atoms with van der Waals surface area (Å²) in [5, 5.41) is 2.78. The average molecular weight is 449 g/mol. The third kappa shape index (κ3) is 5.30. The molecule has 4 rings (SSSR count). The van der Waals surface area contributed by atoms with E-state index in [0.29, 0.717) is 6.04 Å². The van der Waals surface area contributed by atoms with Gasteiger partial charge < -0.3 is 15.0 Å². The fourth-order valence-corrected chi connectivity index (χ4v) is 5.46. The summed E-state index contributed by atoms with van der Waals surface area (Å²) in [6.45, 7) is 4.61. The van der Waals surface area contributed by atoms with Crippen LogP contribution in [0.15, 0.2) is 48.5 Å². The summed E-state index contributed by atoms with van der Waals surface area (Å²) in [4.78, 5) is 27.1. The van der Waals surface area contributed by atoms with Crippen LogP contribution in [0.5, 0.6) is 0 Å². The molecule has 2 aliphatic rings. The van der Waals surface area contributed by atoms with Gasteiger partial charge >= 0.3 is 5.97 Å². The first-order chi connectivity index (χ1) is 16.0. The smallest absolute Gasteiger partial charge is 0.325 e. The predicted molar refractivity (Wildman–Crippen MR) is 131 cm³/mol. The zero-order chi connectivity index (χ0) is 23.3. The van der Waals surface area contributed by atoms with Gasteiger partial charge in [0, 0.05) is 12.6 Å². The molecule has 176 valence electrons. The number of amides is 1. The van der Waals surface area contributed by atoms with E-state index in [1.807, 2.05) is 0 Å². The van der Waals surface area contributed by atoms with Crippen LogP contribution in [0, 0.1) is 0 Å². The van der Waals surface area contributed by atoms with Crippen molar-refractivity contribution in [3.63, 3.8) is 0 Å². The topological polar surface area (TPSA) is 58.6 Å². The van der Waals surface area contributed by atoms with E-state index in [4.69, 9.17) is 0 Å². The second-order valence-electron chi connectivity index (χ2n) is 9.60. The van der Waals surface area contributed by atoms with Crippen LogP contribution in [0.1, 0.15) is 56.6 Å². The largest absolute Gasteiger partial charge is 0.468 e. The van der Waals surface area contributed by atoms with Gasteiger partial charge in [-0.1, -0.05) is 61.4 Å². The van der Waals surface area contributed by atoms with Crippen molar-refractivity contribution in [2.75, 3.05) is 26.7 Å². The summed E-state index contributed by atoms with van der Waals surface area (Å²) in [6.07, 6.45) is 7.39. The second-order valence-corrected chi connectivity index (χ2v) is 9.60. The number of benzene rings is 2. The van der Waals surface area contributed by atoms with Crippen molar-refractivity contribution >= 4 is 11.9 Å². The number of carbonyl (C=O) groups excluding carboxylic acids is 2. The average Bonchev–Trinajstić information content (AvgIpc) is 3.51. The molecule has 1 saturated carbocycles. The molecule has 1 heterocycles. The number of methoxy groups -OCH3 is 1. The van der Waals surface area contributed by atoms with E-state index < -0.39 is 11.4 Å². The lowest BCUT2D eigenvalue weighted by Gasteiger charge is -2.28. The number of likely N-dealkylation sites (tertiary alicyclic amines) is 1. The lowest BCUT2D eigenvalue weighted by Crippen LogP contribution is -2.44. The minimum absolute atomic E-state index is 0.0742. The number of nitrogens with one attached hydrogen (secondary N) is 1. The first-order valence-electron chi connectivity index (χ1n) is 12.3. The SMILES string of the molecule is COC(=O)CNC(=O)C1(c2ccc(-c3ccc(CCN4CCC[C@H]4C)cc3)cc2)CCCC1. The molecule has 0 radical (unpaired) electrons. The number of nitrogens with zero attached hydrogens (tertiary/aromatic N) is 1. The molecule has 33 heavy (non-hydrogen) atoms. The third-order valence-electron chi connectivity index (χ3n) is 7.62. The summed E-state index contributed by atoms with van der Waals surface area (Å²) in [5.41, 5.74) is 4.20. The van der Waals surface area contributed by atoms with Crippen molar-refractivity contribution in [3.05, 3.63) is 59.7 Å². The van der Waals surface area contributed by atoms with E-state index >= 15 is 0 Å². The molecule has 0 spiro atoms. The molecule has 0 unspecified atom stereocenters. The zero-order valence-corrected chi connectivity index (χ0v) is 19.9. The maximum absolute atomic E-state index is 13.0. The van der Waals surface area contributed by atoms with Crippen LogP contribution in [0.2, 0.25) is 0 Å². The Labute approximate surface area is 197 Å². The van der Waals surface area contributed by atoms with E-state index in [1.54, 1.807) is 0 Å². The number of carbonyl (C=O) groups is 2. The van der Waals surface area contributed by atoms with E-state index in [1.165, 1.54) is 37.6 Å². The van der Waals surface area contributed by atoms with Crippen molar-refractivity contribution < 1.29 is 14.3 Å². The highest BCUT2D eigenvalue weighted by Crippen LogP contribution is 2.42. The van der Waals surface area contributed by atoms with Gasteiger partial charge in [-0.3, -0.25) is 9.59 Å². The molecule has 5 nitrogen and oxygen atoms in total. The summed E-state index contributed by atoms with van der Waals surface area (Å²) in [7, 11) is 1.33. The molecular weight excluding hydrogens is 412 g/mol. The number of hydrogen-bond acceptors (Lipinski definition) is 4. The van der Waals surface area contributed by atoms with E-state index in [2.05, 4.69) is 70.4 Å². The number of hydrogen-bond donors (Lipinski definition) is 1. The number of ether oxygens (including phenoxy) is 1. The maximum atomic E-state index is 13.0. The molecule has 1 aliphatic carbocycles. The Bertz CT molecular complexity index is 946. The van der Waals surface area contributed by atoms with Gasteiger partial charge in [-0.05, 0) is 67.8 Å². The highest BCUT2D eigenvalue weighted by atomic mass is 16.5. The lowest BCUT2D eigenvalue weighted by atomic mass is 9.77. The van der Waals surface area contributed by atoms with Crippen molar-refractivity contribution in [2.24, 2.45) is 0 Å². The Morgan fingerprint density at radius 2 is 1.64 bits per heavy atom. The molecule has 0 bridgehead atoms. The first-order valence-corrected chi connectivity index (χ1v) is 12.3. The zero-order valence-electron chi connectivity index (χ0n) is 19.9. The van der Waals surface area contributed by atoms with Gasteiger partial charge in [0.05, 0.1) is 12.5 Å². The van der Waals surface area contributed by atoms with Crippen LogP contribution < -0.4 is 5.32 Å². The molecule has 2 aromatic rings. The summed E-state index contributed by atoms with van der Waals surface area (Å²) >= 11 is 0. The summed E-state index contributed by atoms with van der Waals surface area (Å²) in [5.74, 6) is -0.500. The van der Waals surface area contributed by atoms with Crippen LogP contribution in [0.4, 0.5) is 0 Å². The molecule has 2 fully saturated rings. The third-order valence-corrected chi connectivity index (χ3v) is 7.62. The fraction of sp³-hybridized carbons (Fsp3) is 0.500. The van der Waals surface area contributed by atoms with E-state index in [9.17, 15) is 9.59 Å². The van der Waals surface area contributed by atoms with Crippen molar-refractivity contribution in [3.8, 4) is 11.1 Å². The van der Waals surface area contributed by atoms with Gasteiger partial charge in [-0.2, -0.15) is 0 Å². The number of rotatable bonds is 8. The molecule has 1 N–H and O–H groups in total. The lowest BCUT2D eigenvalue weighted by molar-refractivity contribution is -0.141. The van der Waals surface area contributed by atoms with E-state index in [0.717, 1.165) is 49.8 Å². The summed E-state index contributed by atoms with van der Waals surface area (Å²) in [6, 6.07) is 18.0. The molecule has 5 heteroatoms. The van der Waals surface area contributed by atoms with Crippen LogP contribution >= 0.6 is 0 Å². The van der Waals surface area contributed by atoms with Gasteiger partial charge in [0.1, 0.15) is 6.54 Å². The minimum Gasteiger partial charge on any atom is -0.468 e. The van der Waals surface area contributed by atoms with E-state index in [-0.39, 0.29) is 12.5 Å². The highest BCUT2D eigenvalue weighted by Gasteiger charge is 2.42. The molecular formula is C28H36N2O3. The van der Waals surface area contributed by atoms with Crippen LogP contribution in [0.3, 0.4) is 0 Å². The maximum Gasteiger partial charge on any atom is 0.325 e. The Balaban J connectivity index is 1.42. The summed E-state index contributed by atoms with van der Waals surface area (Å²) < 4.78 is 4.66. The molecule has 1 amide bonds. The second kappa shape index (κ2) is 10.5. The standard InChI is InChI=1S/C28H36N2O3/c1-21-6-5-18-30(21)19-15-22-7-9-23(10-8-22)24-11-13-25(14-12-24)28(16-3-4-17-28)27(32)29-20-26(31)33-2/h7-14,21H,3-6,15-20H2,1-2H3,(H,29,32)/t21-/m1/s1. The minimum atomic E-state index is -0.552. The Morgan fingerprint density at radius 1 is 1.00 bits per heavy atom. The van der Waals surface area contributed by atoms with Crippen molar-refractivity contribution in [1.82, 2.24) is 10.2 Å². The molecule has 1 saturated heterocycles. The van der Waals surface area contributed by atoms with Crippen LogP contribution in [0.25, 0.3) is 11.1 Å². The monoisotopic (exact) mass is 448 g/mol. The molecule has 0 aromatic heterocycles. The van der Waals surface area contributed by atoms with Crippen molar-refractivity contribution in [2.45, 2.75) is 63.3 Å². The highest BCUT2D eigenvalue weighted by molar-refractivity contribution is 5.91. The van der Waals surface area contributed by atoms with Gasteiger partial charge in [0.25, 0.3) is 0 Å². The van der Waals surface area contributed by atoms with Crippen molar-refractivity contribution in [1.29, 1.82) is 0 Å². The molecule has 1 atom stereocenters. The Hall–Kier alpha value is -2.66. The fourth-order valence-electron chi connectivity index (χ4n) is 5.46. The Kier molecular flexibility index (Phi) is 7.49. The first kappa shape index (κ1) is 23.5. The normalized spacial score (nSPS) is 20.0. The van der Waals surface area contributed by atoms with Gasteiger partial charge in [-0.25, -0.2) is 0 Å². The molecule has 2 aromatic carbocycles. The van der Waals surface area contributed by atoms with Gasteiger partial charge in [0.15, 0.2) is 0 Å². The van der Waals surface area contributed by atoms with Gasteiger partial charge in [0.2, 0.25) is 5.91 Å². The van der Waals surface area contributed by atoms with Crippen LogP contribution in [-0.4, -0.2) is 49.6 Å². The van der Waals surface area contributed by atoms with Gasteiger partial charge in [-0.15, -0.1) is 0 Å². The quantitative estimate of drug-likeness (QED) is 0.605.